The van der Waals surface area contributed by atoms with Gasteiger partial charge in [-0.05, 0) is 75.5 Å². The van der Waals surface area contributed by atoms with Crippen LogP contribution in [0.1, 0.15) is 119 Å². The SMILES string of the molecule is CCCCP(CCCC)CCCC.CCCCP(CCCC)CCCC.[Br][Pt][Br]. The predicted octanol–water partition coefficient (Wildman–Crippen LogP) is 11.4. The van der Waals surface area contributed by atoms with Crippen LogP contribution in [0.2, 0.25) is 0 Å². The fourth-order valence-electron chi connectivity index (χ4n) is 2.96. The molecule has 0 nitrogen and oxygen atoms in total. The van der Waals surface area contributed by atoms with Gasteiger partial charge in [-0.25, -0.2) is 0 Å². The van der Waals surface area contributed by atoms with Crippen molar-refractivity contribution in [2.75, 3.05) is 37.0 Å². The summed E-state index contributed by atoms with van der Waals surface area (Å²) < 4.78 is 0. The van der Waals surface area contributed by atoms with Crippen molar-refractivity contribution in [2.24, 2.45) is 0 Å². The van der Waals surface area contributed by atoms with Crippen LogP contribution in [0.3, 0.4) is 0 Å². The average Bonchev–Trinajstić information content (AvgIpc) is 2.73. The predicted molar refractivity (Wildman–Crippen MR) is 150 cm³/mol. The van der Waals surface area contributed by atoms with E-state index in [1.807, 2.05) is 0 Å². The molecule has 0 amide bonds. The van der Waals surface area contributed by atoms with Gasteiger partial charge in [0.1, 0.15) is 0 Å². The van der Waals surface area contributed by atoms with Gasteiger partial charge in [0, 0.05) is 0 Å². The number of hydrogen-bond donors (Lipinski definition) is 0. The number of unbranched alkanes of at least 4 members (excludes halogenated alkanes) is 6. The second kappa shape index (κ2) is 35.1. The number of hydrogen-bond acceptors (Lipinski definition) is 0. The number of halogens is 2. The average molecular weight is 760 g/mol. The summed E-state index contributed by atoms with van der Waals surface area (Å²) in [6.45, 7) is 13.9. The van der Waals surface area contributed by atoms with Crippen LogP contribution in [0, 0.1) is 0 Å². The molecule has 0 N–H and O–H groups in total. The van der Waals surface area contributed by atoms with Crippen molar-refractivity contribution < 1.29 is 14.5 Å². The van der Waals surface area contributed by atoms with Crippen molar-refractivity contribution in [2.45, 2.75) is 119 Å². The standard InChI is InChI=1S/2C12H27P.2BrH.Pt/c2*1-4-7-10-13(11-8-5-2)12-9-6-3;;;/h2*4-12H2,1-3H3;2*1H;/q;;;;+2/p-2. The molecule has 29 heavy (non-hydrogen) atoms. The third-order valence-electron chi connectivity index (χ3n) is 4.97. The van der Waals surface area contributed by atoms with Crippen LogP contribution >= 0.6 is 42.4 Å². The summed E-state index contributed by atoms with van der Waals surface area (Å²) >= 11 is 6.56. The first-order chi connectivity index (χ1) is 14.1. The number of rotatable bonds is 18. The van der Waals surface area contributed by atoms with E-state index in [1.165, 1.54) is 77.0 Å². The van der Waals surface area contributed by atoms with Gasteiger partial charge >= 0.3 is 41.0 Å². The molecule has 0 aromatic heterocycles. The second-order valence-corrected chi connectivity index (χ2v) is 23.2. The van der Waals surface area contributed by atoms with Gasteiger partial charge in [0.15, 0.2) is 0 Å². The Balaban J connectivity index is -0.000000410. The van der Waals surface area contributed by atoms with E-state index in [-0.39, 0.29) is 14.5 Å². The first kappa shape index (κ1) is 36.1. The molecule has 0 aliphatic carbocycles. The summed E-state index contributed by atoms with van der Waals surface area (Å²) in [4.78, 5) is 0. The Morgan fingerprint density at radius 3 is 0.655 bits per heavy atom. The van der Waals surface area contributed by atoms with Gasteiger partial charge in [0.25, 0.3) is 0 Å². The van der Waals surface area contributed by atoms with Gasteiger partial charge in [-0.1, -0.05) is 80.1 Å². The first-order valence-corrected chi connectivity index (χ1v) is 26.1. The fraction of sp³-hybridized carbons (Fsp3) is 1.00. The molecule has 0 aromatic rings. The van der Waals surface area contributed by atoms with Crippen molar-refractivity contribution in [1.29, 1.82) is 0 Å². The van der Waals surface area contributed by atoms with Crippen LogP contribution in [0.15, 0.2) is 0 Å². The maximum absolute atomic E-state index is 3.17. The topological polar surface area (TPSA) is 0 Å². The third kappa shape index (κ3) is 35.3. The molecule has 0 radical (unpaired) electrons. The van der Waals surface area contributed by atoms with Crippen LogP contribution in [-0.4, -0.2) is 37.0 Å². The van der Waals surface area contributed by atoms with E-state index in [4.69, 9.17) is 0 Å². The first-order valence-electron chi connectivity index (χ1n) is 12.4. The van der Waals surface area contributed by atoms with E-state index in [0.717, 1.165) is 0 Å². The summed E-state index contributed by atoms with van der Waals surface area (Å²) in [5, 5.41) is 0. The molecule has 0 unspecified atom stereocenters. The summed E-state index contributed by atoms with van der Waals surface area (Å²) in [6, 6.07) is 0. The maximum atomic E-state index is 3.17. The zero-order valence-corrected chi connectivity index (χ0v) is 27.9. The molecule has 0 atom stereocenters. The quantitative estimate of drug-likeness (QED) is 0.122. The summed E-state index contributed by atoms with van der Waals surface area (Å²) in [5.41, 5.74) is 0. The van der Waals surface area contributed by atoms with Crippen molar-refractivity contribution in [3.8, 4) is 0 Å². The zero-order valence-electron chi connectivity index (χ0n) is 20.7. The molecule has 0 aliphatic heterocycles. The summed E-state index contributed by atoms with van der Waals surface area (Å²) in [5.74, 6) is 0. The van der Waals surface area contributed by atoms with Crippen LogP contribution in [0.4, 0.5) is 0 Å². The van der Waals surface area contributed by atoms with Crippen LogP contribution in [0.25, 0.3) is 0 Å². The summed E-state index contributed by atoms with van der Waals surface area (Å²) in [6.07, 6.45) is 26.4. The van der Waals surface area contributed by atoms with E-state index in [1.54, 1.807) is 37.0 Å². The molecule has 0 rings (SSSR count). The molecule has 5 heteroatoms. The Hall–Kier alpha value is 2.51. The molecule has 0 spiro atoms. The van der Waals surface area contributed by atoms with E-state index in [0.29, 0.717) is 15.8 Å². The monoisotopic (exact) mass is 757 g/mol. The van der Waals surface area contributed by atoms with Crippen LogP contribution in [-0.2, 0) is 14.5 Å². The molecule has 0 saturated heterocycles. The van der Waals surface area contributed by atoms with Gasteiger partial charge in [0.05, 0.1) is 0 Å². The van der Waals surface area contributed by atoms with Crippen molar-refractivity contribution in [3.05, 3.63) is 0 Å². The van der Waals surface area contributed by atoms with E-state index in [9.17, 15) is 0 Å². The van der Waals surface area contributed by atoms with Gasteiger partial charge in [-0.3, -0.25) is 0 Å². The molecule has 0 saturated carbocycles. The van der Waals surface area contributed by atoms with Gasteiger partial charge in [0.2, 0.25) is 0 Å². The Kier molecular flexibility index (Phi) is 43.7. The third-order valence-corrected chi connectivity index (χ3v) is 10.7. The minimum atomic E-state index is 0.208. The molecular formula is C24H54Br2P2Pt. The Bertz CT molecular complexity index is 197. The van der Waals surface area contributed by atoms with E-state index in [2.05, 4.69) is 68.1 Å². The van der Waals surface area contributed by atoms with Gasteiger partial charge < -0.3 is 0 Å². The summed E-state index contributed by atoms with van der Waals surface area (Å²) in [7, 11) is 0.843. The molecule has 0 bridgehead atoms. The minimum absolute atomic E-state index is 0.208. The Morgan fingerprint density at radius 2 is 0.552 bits per heavy atom. The molecule has 0 fully saturated rings. The molecule has 184 valence electrons. The zero-order chi connectivity index (χ0) is 22.6. The van der Waals surface area contributed by atoms with Gasteiger partial charge in [-0.2, -0.15) is 0 Å². The molecule has 0 heterocycles. The van der Waals surface area contributed by atoms with Crippen molar-refractivity contribution in [1.82, 2.24) is 0 Å². The Labute approximate surface area is 211 Å². The fourth-order valence-corrected chi connectivity index (χ4v) is 8.88. The van der Waals surface area contributed by atoms with Crippen LogP contribution < -0.4 is 0 Å². The van der Waals surface area contributed by atoms with E-state index < -0.39 is 0 Å². The second-order valence-electron chi connectivity index (χ2n) is 7.85. The van der Waals surface area contributed by atoms with Crippen molar-refractivity contribution in [3.63, 3.8) is 0 Å². The van der Waals surface area contributed by atoms with E-state index >= 15 is 0 Å². The molecule has 0 aromatic carbocycles. The van der Waals surface area contributed by atoms with Crippen LogP contribution in [0.5, 0.6) is 0 Å². The molecule has 0 aliphatic rings. The Morgan fingerprint density at radius 1 is 0.414 bits per heavy atom. The normalized spacial score (nSPS) is 10.7. The van der Waals surface area contributed by atoms with Gasteiger partial charge in [-0.15, -0.1) is 15.8 Å². The molecular weight excluding hydrogens is 705 g/mol. The van der Waals surface area contributed by atoms with Crippen molar-refractivity contribution >= 4 is 42.4 Å².